The Bertz CT molecular complexity index is 327. The van der Waals surface area contributed by atoms with Gasteiger partial charge in [0.25, 0.3) is 0 Å². The smallest absolute Gasteiger partial charge is 0.214 e. The van der Waals surface area contributed by atoms with E-state index >= 15 is 0 Å². The fraction of sp³-hybridized carbons (Fsp3) is 1.00. The molecule has 5 heteroatoms. The summed E-state index contributed by atoms with van der Waals surface area (Å²) in [6.07, 6.45) is 2.34. The van der Waals surface area contributed by atoms with E-state index < -0.39 is 16.1 Å². The molecule has 0 aliphatic carbocycles. The number of sulfonamides is 1. The number of rotatable bonds is 6. The van der Waals surface area contributed by atoms with E-state index in [1.807, 2.05) is 6.92 Å². The summed E-state index contributed by atoms with van der Waals surface area (Å²) in [6, 6.07) is 0. The molecule has 1 aliphatic rings. The maximum absolute atomic E-state index is 12.1. The largest absolute Gasteiger partial charge is 0.393 e. The molecule has 0 saturated carbocycles. The zero-order chi connectivity index (χ0) is 13.1. The molecule has 3 unspecified atom stereocenters. The van der Waals surface area contributed by atoms with E-state index in [0.29, 0.717) is 13.1 Å². The lowest BCUT2D eigenvalue weighted by Gasteiger charge is -2.20. The minimum absolute atomic E-state index is 0.103. The van der Waals surface area contributed by atoms with E-state index in [4.69, 9.17) is 0 Å². The summed E-state index contributed by atoms with van der Waals surface area (Å²) in [4.78, 5) is 0. The molecule has 1 aliphatic heterocycles. The van der Waals surface area contributed by atoms with Crippen molar-refractivity contribution in [2.24, 2.45) is 11.8 Å². The minimum atomic E-state index is -3.13. The summed E-state index contributed by atoms with van der Waals surface area (Å²) in [5.74, 6) is 0.565. The van der Waals surface area contributed by atoms with Crippen molar-refractivity contribution in [2.45, 2.75) is 46.1 Å². The van der Waals surface area contributed by atoms with Crippen molar-refractivity contribution < 1.29 is 13.5 Å². The van der Waals surface area contributed by atoms with Gasteiger partial charge in [-0.15, -0.1) is 0 Å². The van der Waals surface area contributed by atoms with Gasteiger partial charge in [0.1, 0.15) is 0 Å². The third kappa shape index (κ3) is 4.23. The lowest BCUT2D eigenvalue weighted by molar-refractivity contribution is 0.133. The molecule has 17 heavy (non-hydrogen) atoms. The Morgan fingerprint density at radius 2 is 2.06 bits per heavy atom. The minimum Gasteiger partial charge on any atom is -0.393 e. The first-order valence-electron chi connectivity index (χ1n) is 6.52. The fourth-order valence-electron chi connectivity index (χ4n) is 2.44. The quantitative estimate of drug-likeness (QED) is 0.789. The molecule has 1 rings (SSSR count). The molecule has 0 aromatic carbocycles. The van der Waals surface area contributed by atoms with E-state index in [-0.39, 0.29) is 17.6 Å². The summed E-state index contributed by atoms with van der Waals surface area (Å²) in [5, 5.41) is 9.48. The predicted octanol–water partition coefficient (Wildman–Crippen LogP) is 1.46. The van der Waals surface area contributed by atoms with E-state index in [9.17, 15) is 13.5 Å². The Morgan fingerprint density at radius 1 is 1.41 bits per heavy atom. The molecule has 0 amide bonds. The van der Waals surface area contributed by atoms with Crippen molar-refractivity contribution in [3.05, 3.63) is 0 Å². The van der Waals surface area contributed by atoms with Gasteiger partial charge in [-0.2, -0.15) is 0 Å². The Kier molecular flexibility index (Phi) is 5.41. The van der Waals surface area contributed by atoms with Crippen LogP contribution in [0.3, 0.4) is 0 Å². The van der Waals surface area contributed by atoms with Gasteiger partial charge in [0.05, 0.1) is 11.9 Å². The Hall–Kier alpha value is -0.130. The second-order valence-electron chi connectivity index (χ2n) is 5.32. The molecule has 102 valence electrons. The van der Waals surface area contributed by atoms with Crippen LogP contribution in [0, 0.1) is 11.8 Å². The van der Waals surface area contributed by atoms with Gasteiger partial charge in [0, 0.05) is 13.1 Å². The van der Waals surface area contributed by atoms with Gasteiger partial charge in [0.2, 0.25) is 10.0 Å². The summed E-state index contributed by atoms with van der Waals surface area (Å²) < 4.78 is 25.8. The fourth-order valence-corrected chi connectivity index (χ4v) is 4.34. The van der Waals surface area contributed by atoms with Gasteiger partial charge < -0.3 is 5.11 Å². The molecule has 3 atom stereocenters. The second-order valence-corrected chi connectivity index (χ2v) is 7.33. The highest BCUT2D eigenvalue weighted by atomic mass is 32.2. The molecule has 0 bridgehead atoms. The van der Waals surface area contributed by atoms with Crippen LogP contribution in [0.15, 0.2) is 0 Å². The summed E-state index contributed by atoms with van der Waals surface area (Å²) in [5.41, 5.74) is 0. The zero-order valence-corrected chi connectivity index (χ0v) is 11.9. The van der Waals surface area contributed by atoms with E-state index in [1.165, 1.54) is 0 Å². The molecule has 1 N–H and O–H groups in total. The van der Waals surface area contributed by atoms with Crippen LogP contribution in [-0.2, 0) is 10.0 Å². The van der Waals surface area contributed by atoms with E-state index in [2.05, 4.69) is 6.92 Å². The van der Waals surface area contributed by atoms with Crippen molar-refractivity contribution in [3.8, 4) is 0 Å². The highest BCUT2D eigenvalue weighted by Crippen LogP contribution is 2.24. The van der Waals surface area contributed by atoms with Gasteiger partial charge in [-0.25, -0.2) is 12.7 Å². The summed E-state index contributed by atoms with van der Waals surface area (Å²) >= 11 is 0. The van der Waals surface area contributed by atoms with Crippen LogP contribution in [0.5, 0.6) is 0 Å². The lowest BCUT2D eigenvalue weighted by Crippen LogP contribution is -2.34. The summed E-state index contributed by atoms with van der Waals surface area (Å²) in [7, 11) is -3.13. The summed E-state index contributed by atoms with van der Waals surface area (Å²) in [6.45, 7) is 6.85. The molecular formula is C12H25NO3S. The molecule has 0 aromatic heterocycles. The van der Waals surface area contributed by atoms with Gasteiger partial charge >= 0.3 is 0 Å². The molecule has 0 spiro atoms. The van der Waals surface area contributed by atoms with Crippen LogP contribution in [0.4, 0.5) is 0 Å². The second kappa shape index (κ2) is 6.16. The van der Waals surface area contributed by atoms with E-state index in [1.54, 1.807) is 11.2 Å². The highest BCUT2D eigenvalue weighted by Gasteiger charge is 2.33. The standard InChI is InChI=1S/C12H25NO3S/c1-4-5-10(2)9-17(15,16)13-7-6-12(8-13)11(3)14/h10-12,14H,4-9H2,1-3H3. The average Bonchev–Trinajstić information content (AvgIpc) is 2.65. The molecule has 1 fully saturated rings. The first kappa shape index (κ1) is 14.9. The Labute approximate surface area is 105 Å². The van der Waals surface area contributed by atoms with Gasteiger partial charge in [-0.05, 0) is 31.6 Å². The number of hydrogen-bond donors (Lipinski definition) is 1. The third-order valence-corrected chi connectivity index (χ3v) is 5.65. The molecular weight excluding hydrogens is 238 g/mol. The molecule has 1 saturated heterocycles. The lowest BCUT2D eigenvalue weighted by atomic mass is 10.0. The van der Waals surface area contributed by atoms with Crippen LogP contribution in [0.25, 0.3) is 0 Å². The predicted molar refractivity (Wildman–Crippen MR) is 69.2 cm³/mol. The van der Waals surface area contributed by atoms with Crippen molar-refractivity contribution in [2.75, 3.05) is 18.8 Å². The SMILES string of the molecule is CCCC(C)CS(=O)(=O)N1CCC(C(C)O)C1. The van der Waals surface area contributed by atoms with Crippen molar-refractivity contribution in [1.29, 1.82) is 0 Å². The molecule has 0 radical (unpaired) electrons. The van der Waals surface area contributed by atoms with Crippen LogP contribution < -0.4 is 0 Å². The number of hydrogen-bond acceptors (Lipinski definition) is 3. The van der Waals surface area contributed by atoms with Gasteiger partial charge in [-0.3, -0.25) is 0 Å². The van der Waals surface area contributed by atoms with E-state index in [0.717, 1.165) is 19.3 Å². The third-order valence-electron chi connectivity index (χ3n) is 3.54. The first-order chi connectivity index (χ1) is 7.86. The maximum Gasteiger partial charge on any atom is 0.214 e. The van der Waals surface area contributed by atoms with Crippen molar-refractivity contribution >= 4 is 10.0 Å². The van der Waals surface area contributed by atoms with Crippen LogP contribution >= 0.6 is 0 Å². The van der Waals surface area contributed by atoms with Crippen LogP contribution in [0.1, 0.15) is 40.0 Å². The number of nitrogens with zero attached hydrogens (tertiary/aromatic N) is 1. The highest BCUT2D eigenvalue weighted by molar-refractivity contribution is 7.89. The Balaban J connectivity index is 2.55. The van der Waals surface area contributed by atoms with Crippen molar-refractivity contribution in [3.63, 3.8) is 0 Å². The van der Waals surface area contributed by atoms with Crippen LogP contribution in [0.2, 0.25) is 0 Å². The topological polar surface area (TPSA) is 57.6 Å². The number of aliphatic hydroxyl groups excluding tert-OH is 1. The monoisotopic (exact) mass is 263 g/mol. The Morgan fingerprint density at radius 3 is 2.53 bits per heavy atom. The number of aliphatic hydroxyl groups is 1. The zero-order valence-electron chi connectivity index (χ0n) is 11.1. The molecule has 4 nitrogen and oxygen atoms in total. The average molecular weight is 263 g/mol. The maximum atomic E-state index is 12.1. The molecule has 0 aromatic rings. The normalized spacial score (nSPS) is 26.0. The first-order valence-corrected chi connectivity index (χ1v) is 8.13. The van der Waals surface area contributed by atoms with Crippen LogP contribution in [-0.4, -0.2) is 42.8 Å². The van der Waals surface area contributed by atoms with Crippen molar-refractivity contribution in [1.82, 2.24) is 4.31 Å². The van der Waals surface area contributed by atoms with Gasteiger partial charge in [-0.1, -0.05) is 20.3 Å². The van der Waals surface area contributed by atoms with Gasteiger partial charge in [0.15, 0.2) is 0 Å². The molecule has 1 heterocycles.